The van der Waals surface area contributed by atoms with E-state index >= 15 is 0 Å². The Labute approximate surface area is 96.9 Å². The number of halogens is 4. The number of aromatic nitrogens is 1. The number of anilines is 1. The number of hydrogen-bond donors (Lipinski definition) is 2. The zero-order valence-electron chi connectivity index (χ0n) is 7.31. The molecule has 0 aliphatic heterocycles. The molecule has 1 aromatic rings. The maximum absolute atomic E-state index is 12.0. The SMILES string of the molecule is NCc1cc(N)c(I)nc1OC(F)(F)F. The summed E-state index contributed by atoms with van der Waals surface area (Å²) < 4.78 is 39.8. The minimum absolute atomic E-state index is 0.116. The number of nitrogens with zero attached hydrogens (tertiary/aromatic N) is 1. The number of ether oxygens (including phenoxy) is 1. The standard InChI is InChI=1S/C7H7F3IN3O/c8-7(9,10)15-6-3(2-12)1-4(13)5(11)14-6/h1H,2,12-13H2. The van der Waals surface area contributed by atoms with Gasteiger partial charge in [-0.15, -0.1) is 13.2 Å². The van der Waals surface area contributed by atoms with Crippen molar-refractivity contribution in [3.05, 3.63) is 15.3 Å². The third-order valence-electron chi connectivity index (χ3n) is 1.47. The van der Waals surface area contributed by atoms with Gasteiger partial charge in [-0.3, -0.25) is 0 Å². The van der Waals surface area contributed by atoms with E-state index in [4.69, 9.17) is 11.5 Å². The molecule has 0 saturated carbocycles. The van der Waals surface area contributed by atoms with Crippen molar-refractivity contribution < 1.29 is 17.9 Å². The molecule has 1 heterocycles. The Kier molecular flexibility index (Phi) is 3.60. The molecule has 0 radical (unpaired) electrons. The van der Waals surface area contributed by atoms with Crippen molar-refractivity contribution in [1.29, 1.82) is 0 Å². The van der Waals surface area contributed by atoms with Crippen LogP contribution in [-0.2, 0) is 6.54 Å². The topological polar surface area (TPSA) is 74.2 Å². The highest BCUT2D eigenvalue weighted by Gasteiger charge is 2.33. The van der Waals surface area contributed by atoms with E-state index in [9.17, 15) is 13.2 Å². The van der Waals surface area contributed by atoms with Crippen LogP contribution < -0.4 is 16.2 Å². The fourth-order valence-electron chi connectivity index (χ4n) is 0.879. The second-order valence-corrected chi connectivity index (χ2v) is 3.61. The van der Waals surface area contributed by atoms with Crippen molar-refractivity contribution in [3.8, 4) is 5.88 Å². The summed E-state index contributed by atoms with van der Waals surface area (Å²) in [7, 11) is 0. The largest absolute Gasteiger partial charge is 0.574 e. The number of alkyl halides is 3. The van der Waals surface area contributed by atoms with Crippen LogP contribution in [0.3, 0.4) is 0 Å². The van der Waals surface area contributed by atoms with Gasteiger partial charge in [0.1, 0.15) is 3.70 Å². The molecule has 0 atom stereocenters. The predicted octanol–water partition coefficient (Wildman–Crippen LogP) is 1.63. The molecule has 4 N–H and O–H groups in total. The lowest BCUT2D eigenvalue weighted by Gasteiger charge is -2.12. The number of nitrogen functional groups attached to an aromatic ring is 1. The molecule has 1 aromatic heterocycles. The highest BCUT2D eigenvalue weighted by atomic mass is 127. The first kappa shape index (κ1) is 12.3. The number of rotatable bonds is 2. The van der Waals surface area contributed by atoms with Crippen molar-refractivity contribution in [2.75, 3.05) is 5.73 Å². The van der Waals surface area contributed by atoms with E-state index in [0.29, 0.717) is 0 Å². The lowest BCUT2D eigenvalue weighted by atomic mass is 10.2. The summed E-state index contributed by atoms with van der Waals surface area (Å²) in [5.41, 5.74) is 11.1. The van der Waals surface area contributed by atoms with Gasteiger partial charge in [-0.1, -0.05) is 0 Å². The fourth-order valence-corrected chi connectivity index (χ4v) is 1.25. The number of hydrogen-bond acceptors (Lipinski definition) is 4. The van der Waals surface area contributed by atoms with E-state index in [2.05, 4.69) is 9.72 Å². The van der Waals surface area contributed by atoms with Crippen LogP contribution in [-0.4, -0.2) is 11.3 Å². The molecule has 1 rings (SSSR count). The first-order valence-electron chi connectivity index (χ1n) is 3.74. The molecule has 15 heavy (non-hydrogen) atoms. The van der Waals surface area contributed by atoms with Crippen LogP contribution in [0.1, 0.15) is 5.56 Å². The monoisotopic (exact) mass is 333 g/mol. The third-order valence-corrected chi connectivity index (χ3v) is 2.34. The Balaban J connectivity index is 3.11. The second-order valence-electron chi connectivity index (χ2n) is 2.58. The molecule has 8 heteroatoms. The smallest absolute Gasteiger partial charge is 0.397 e. The second kappa shape index (κ2) is 4.39. The van der Waals surface area contributed by atoms with E-state index in [1.165, 1.54) is 6.07 Å². The van der Waals surface area contributed by atoms with Gasteiger partial charge in [0, 0.05) is 12.1 Å². The zero-order chi connectivity index (χ0) is 11.6. The van der Waals surface area contributed by atoms with Gasteiger partial charge in [-0.25, -0.2) is 4.98 Å². The summed E-state index contributed by atoms with van der Waals surface area (Å²) in [6.45, 7) is -0.125. The van der Waals surface area contributed by atoms with Gasteiger partial charge in [-0.05, 0) is 28.7 Å². The van der Waals surface area contributed by atoms with Crippen molar-refractivity contribution >= 4 is 28.3 Å². The van der Waals surface area contributed by atoms with Gasteiger partial charge in [-0.2, -0.15) is 0 Å². The van der Waals surface area contributed by atoms with E-state index in [0.717, 1.165) is 0 Å². The molecule has 0 aliphatic rings. The maximum Gasteiger partial charge on any atom is 0.574 e. The van der Waals surface area contributed by atoms with E-state index in [1.807, 2.05) is 0 Å². The Hall–Kier alpha value is -0.770. The van der Waals surface area contributed by atoms with Gasteiger partial charge in [0.05, 0.1) is 5.69 Å². The first-order chi connectivity index (χ1) is 6.83. The minimum atomic E-state index is -4.78. The Morgan fingerprint density at radius 1 is 1.47 bits per heavy atom. The van der Waals surface area contributed by atoms with E-state index < -0.39 is 12.2 Å². The van der Waals surface area contributed by atoms with Crippen LogP contribution in [0.4, 0.5) is 18.9 Å². The zero-order valence-corrected chi connectivity index (χ0v) is 9.46. The molecule has 0 spiro atoms. The van der Waals surface area contributed by atoms with Crippen molar-refractivity contribution in [1.82, 2.24) is 4.98 Å². The van der Waals surface area contributed by atoms with Gasteiger partial charge >= 0.3 is 6.36 Å². The summed E-state index contributed by atoms with van der Waals surface area (Å²) in [5, 5.41) is 0. The molecule has 0 unspecified atom stereocenters. The molecule has 0 aliphatic carbocycles. The van der Waals surface area contributed by atoms with Gasteiger partial charge in [0.2, 0.25) is 5.88 Å². The number of nitrogens with two attached hydrogens (primary N) is 2. The van der Waals surface area contributed by atoms with Gasteiger partial charge in [0.25, 0.3) is 0 Å². The Morgan fingerprint density at radius 3 is 2.53 bits per heavy atom. The van der Waals surface area contributed by atoms with Crippen LogP contribution in [0.15, 0.2) is 6.07 Å². The lowest BCUT2D eigenvalue weighted by Crippen LogP contribution is -2.20. The average molecular weight is 333 g/mol. The normalized spacial score (nSPS) is 11.5. The Bertz CT molecular complexity index is 369. The molecule has 0 fully saturated rings. The summed E-state index contributed by atoms with van der Waals surface area (Å²) in [6, 6.07) is 1.32. The third kappa shape index (κ3) is 3.38. The van der Waals surface area contributed by atoms with Crippen LogP contribution in [0.5, 0.6) is 5.88 Å². The first-order valence-corrected chi connectivity index (χ1v) is 4.82. The number of pyridine rings is 1. The average Bonchev–Trinajstić information content (AvgIpc) is 2.08. The van der Waals surface area contributed by atoms with E-state index in [1.54, 1.807) is 22.6 Å². The molecular formula is C7H7F3IN3O. The molecule has 0 saturated heterocycles. The van der Waals surface area contributed by atoms with Crippen LogP contribution in [0, 0.1) is 3.70 Å². The quantitative estimate of drug-likeness (QED) is 0.637. The van der Waals surface area contributed by atoms with Crippen molar-refractivity contribution in [2.45, 2.75) is 12.9 Å². The molecular weight excluding hydrogens is 326 g/mol. The minimum Gasteiger partial charge on any atom is -0.397 e. The fraction of sp³-hybridized carbons (Fsp3) is 0.286. The molecule has 4 nitrogen and oxygen atoms in total. The Morgan fingerprint density at radius 2 is 2.07 bits per heavy atom. The lowest BCUT2D eigenvalue weighted by molar-refractivity contribution is -0.276. The van der Waals surface area contributed by atoms with Crippen LogP contribution in [0.25, 0.3) is 0 Å². The molecule has 0 amide bonds. The molecule has 0 aromatic carbocycles. The van der Waals surface area contributed by atoms with Crippen molar-refractivity contribution in [2.24, 2.45) is 5.73 Å². The van der Waals surface area contributed by atoms with E-state index in [-0.39, 0.29) is 21.5 Å². The summed E-state index contributed by atoms with van der Waals surface area (Å²) in [5.74, 6) is -0.552. The summed E-state index contributed by atoms with van der Waals surface area (Å²) in [4.78, 5) is 3.57. The van der Waals surface area contributed by atoms with Crippen molar-refractivity contribution in [3.63, 3.8) is 0 Å². The van der Waals surface area contributed by atoms with Gasteiger partial charge < -0.3 is 16.2 Å². The summed E-state index contributed by atoms with van der Waals surface area (Å²) in [6.07, 6.45) is -4.78. The molecule has 84 valence electrons. The van der Waals surface area contributed by atoms with Gasteiger partial charge in [0.15, 0.2) is 0 Å². The van der Waals surface area contributed by atoms with Crippen LogP contribution >= 0.6 is 22.6 Å². The highest BCUT2D eigenvalue weighted by Crippen LogP contribution is 2.27. The summed E-state index contributed by atoms with van der Waals surface area (Å²) >= 11 is 1.71. The molecule has 0 bridgehead atoms. The highest BCUT2D eigenvalue weighted by molar-refractivity contribution is 14.1. The predicted molar refractivity (Wildman–Crippen MR) is 55.9 cm³/mol. The van der Waals surface area contributed by atoms with Crippen LogP contribution in [0.2, 0.25) is 0 Å². The maximum atomic E-state index is 12.0.